The average molecular weight is 285 g/mol. The van der Waals surface area contributed by atoms with E-state index >= 15 is 0 Å². The van der Waals surface area contributed by atoms with Gasteiger partial charge in [0.05, 0.1) is 7.11 Å². The lowest BCUT2D eigenvalue weighted by Gasteiger charge is -2.18. The molecule has 2 unspecified atom stereocenters. The number of rotatable bonds is 6. The zero-order chi connectivity index (χ0) is 15.2. The highest BCUT2D eigenvalue weighted by molar-refractivity contribution is 5.43. The van der Waals surface area contributed by atoms with Gasteiger partial charge < -0.3 is 15.2 Å². The molecule has 21 heavy (non-hydrogen) atoms. The van der Waals surface area contributed by atoms with Gasteiger partial charge in [0.1, 0.15) is 6.10 Å². The third-order valence-electron chi connectivity index (χ3n) is 3.36. The predicted molar refractivity (Wildman–Crippen MR) is 85.8 cm³/mol. The van der Waals surface area contributed by atoms with Crippen molar-refractivity contribution in [3.05, 3.63) is 59.7 Å². The third kappa shape index (κ3) is 4.23. The Labute approximate surface area is 126 Å². The van der Waals surface area contributed by atoms with Gasteiger partial charge in [-0.2, -0.15) is 0 Å². The van der Waals surface area contributed by atoms with Gasteiger partial charge in [-0.3, -0.25) is 0 Å². The molecule has 0 amide bonds. The zero-order valence-electron chi connectivity index (χ0n) is 12.9. The minimum Gasteiger partial charge on any atom is -0.493 e. The van der Waals surface area contributed by atoms with Crippen molar-refractivity contribution >= 4 is 0 Å². The van der Waals surface area contributed by atoms with Gasteiger partial charge in [-0.1, -0.05) is 36.4 Å². The fraction of sp³-hybridized carbons (Fsp3) is 0.333. The molecule has 0 aliphatic carbocycles. The molecule has 0 spiro atoms. The van der Waals surface area contributed by atoms with E-state index in [4.69, 9.17) is 15.2 Å². The van der Waals surface area contributed by atoms with Gasteiger partial charge in [-0.15, -0.1) is 0 Å². The molecule has 3 nitrogen and oxygen atoms in total. The molecule has 2 aromatic carbocycles. The predicted octanol–water partition coefficient (Wildman–Crippen LogP) is 3.72. The molecule has 0 radical (unpaired) electrons. The second-order valence-corrected chi connectivity index (χ2v) is 5.34. The van der Waals surface area contributed by atoms with Gasteiger partial charge >= 0.3 is 0 Å². The Hall–Kier alpha value is -2.00. The van der Waals surface area contributed by atoms with E-state index in [-0.39, 0.29) is 12.1 Å². The highest BCUT2D eigenvalue weighted by Crippen LogP contribution is 2.32. The van der Waals surface area contributed by atoms with Crippen LogP contribution < -0.4 is 15.2 Å². The van der Waals surface area contributed by atoms with Crippen molar-refractivity contribution < 1.29 is 9.47 Å². The molecule has 0 aliphatic heterocycles. The third-order valence-corrected chi connectivity index (χ3v) is 3.36. The summed E-state index contributed by atoms with van der Waals surface area (Å²) in [5.74, 6) is 1.50. The second kappa shape index (κ2) is 7.14. The van der Waals surface area contributed by atoms with Gasteiger partial charge in [0.2, 0.25) is 0 Å². The molecule has 2 atom stereocenters. The summed E-state index contributed by atoms with van der Waals surface area (Å²) >= 11 is 0. The van der Waals surface area contributed by atoms with Crippen LogP contribution in [-0.4, -0.2) is 13.2 Å². The molecule has 3 heteroatoms. The van der Waals surface area contributed by atoms with Crippen molar-refractivity contribution in [3.8, 4) is 11.5 Å². The van der Waals surface area contributed by atoms with Crippen LogP contribution in [0.25, 0.3) is 0 Å². The molecule has 2 aromatic rings. The first-order chi connectivity index (χ1) is 10.1. The quantitative estimate of drug-likeness (QED) is 0.879. The zero-order valence-corrected chi connectivity index (χ0v) is 12.9. The molecule has 0 saturated carbocycles. The highest BCUT2D eigenvalue weighted by Gasteiger charge is 2.12. The molecule has 2 rings (SSSR count). The molecule has 0 heterocycles. The molecule has 0 saturated heterocycles. The van der Waals surface area contributed by atoms with E-state index in [1.54, 1.807) is 7.11 Å². The lowest BCUT2D eigenvalue weighted by atomic mass is 10.1. The molecule has 0 fully saturated rings. The van der Waals surface area contributed by atoms with E-state index in [2.05, 4.69) is 12.1 Å². The Morgan fingerprint density at radius 1 is 1.00 bits per heavy atom. The maximum Gasteiger partial charge on any atom is 0.162 e. The number of methoxy groups -OCH3 is 1. The van der Waals surface area contributed by atoms with E-state index in [0.717, 1.165) is 29.0 Å². The van der Waals surface area contributed by atoms with Gasteiger partial charge in [0, 0.05) is 6.04 Å². The summed E-state index contributed by atoms with van der Waals surface area (Å²) in [5, 5.41) is 0. The molecular formula is C18H23NO2. The van der Waals surface area contributed by atoms with Crippen LogP contribution >= 0.6 is 0 Å². The van der Waals surface area contributed by atoms with Crippen LogP contribution in [0.15, 0.2) is 48.5 Å². The summed E-state index contributed by atoms with van der Waals surface area (Å²) in [6.45, 7) is 4.03. The van der Waals surface area contributed by atoms with Crippen LogP contribution in [0.2, 0.25) is 0 Å². The van der Waals surface area contributed by atoms with Crippen LogP contribution in [0.1, 0.15) is 31.1 Å². The van der Waals surface area contributed by atoms with Crippen LogP contribution in [0, 0.1) is 0 Å². The minimum atomic E-state index is -0.0364. The van der Waals surface area contributed by atoms with Gasteiger partial charge in [-0.05, 0) is 43.5 Å². The second-order valence-electron chi connectivity index (χ2n) is 5.34. The highest BCUT2D eigenvalue weighted by atomic mass is 16.5. The summed E-state index contributed by atoms with van der Waals surface area (Å²) < 4.78 is 11.5. The summed E-state index contributed by atoms with van der Waals surface area (Å²) in [7, 11) is 1.65. The molecule has 0 aromatic heterocycles. The maximum absolute atomic E-state index is 6.08. The normalized spacial score (nSPS) is 13.5. The van der Waals surface area contributed by atoms with Crippen molar-refractivity contribution in [2.75, 3.05) is 7.11 Å². The minimum absolute atomic E-state index is 0.0364. The molecule has 2 N–H and O–H groups in total. The van der Waals surface area contributed by atoms with E-state index < -0.39 is 0 Å². The van der Waals surface area contributed by atoms with Crippen molar-refractivity contribution in [1.29, 1.82) is 0 Å². The number of benzene rings is 2. The van der Waals surface area contributed by atoms with Crippen molar-refractivity contribution in [2.24, 2.45) is 5.73 Å². The van der Waals surface area contributed by atoms with Crippen molar-refractivity contribution in [1.82, 2.24) is 0 Å². The Balaban J connectivity index is 2.21. The van der Waals surface area contributed by atoms with Gasteiger partial charge in [-0.25, -0.2) is 0 Å². The van der Waals surface area contributed by atoms with Gasteiger partial charge in [0.15, 0.2) is 11.5 Å². The van der Waals surface area contributed by atoms with E-state index in [1.807, 2.05) is 50.2 Å². The smallest absolute Gasteiger partial charge is 0.162 e. The number of nitrogens with two attached hydrogens (primary N) is 1. The topological polar surface area (TPSA) is 44.5 Å². The SMILES string of the molecule is COc1ccc(CC(C)N)cc1OC(C)c1ccccc1. The summed E-state index contributed by atoms with van der Waals surface area (Å²) in [5.41, 5.74) is 8.16. The number of hydrogen-bond acceptors (Lipinski definition) is 3. The molecule has 0 aliphatic rings. The van der Waals surface area contributed by atoms with Gasteiger partial charge in [0.25, 0.3) is 0 Å². The largest absolute Gasteiger partial charge is 0.493 e. The summed E-state index contributed by atoms with van der Waals surface area (Å²) in [4.78, 5) is 0. The molecular weight excluding hydrogens is 262 g/mol. The molecule has 112 valence electrons. The summed E-state index contributed by atoms with van der Waals surface area (Å²) in [6.07, 6.45) is 0.783. The van der Waals surface area contributed by atoms with Crippen molar-refractivity contribution in [2.45, 2.75) is 32.4 Å². The summed E-state index contributed by atoms with van der Waals surface area (Å²) in [6, 6.07) is 16.2. The van der Waals surface area contributed by atoms with Crippen LogP contribution in [0.5, 0.6) is 11.5 Å². The first kappa shape index (κ1) is 15.4. The van der Waals surface area contributed by atoms with E-state index in [1.165, 1.54) is 0 Å². The van der Waals surface area contributed by atoms with Crippen molar-refractivity contribution in [3.63, 3.8) is 0 Å². The first-order valence-corrected chi connectivity index (χ1v) is 7.24. The lowest BCUT2D eigenvalue weighted by Crippen LogP contribution is -2.17. The van der Waals surface area contributed by atoms with E-state index in [9.17, 15) is 0 Å². The number of ether oxygens (including phenoxy) is 2. The average Bonchev–Trinajstić information content (AvgIpc) is 2.48. The monoisotopic (exact) mass is 285 g/mol. The fourth-order valence-corrected chi connectivity index (χ4v) is 2.29. The van der Waals surface area contributed by atoms with Crippen LogP contribution in [-0.2, 0) is 6.42 Å². The lowest BCUT2D eigenvalue weighted by molar-refractivity contribution is 0.215. The first-order valence-electron chi connectivity index (χ1n) is 7.24. The van der Waals surface area contributed by atoms with E-state index in [0.29, 0.717) is 0 Å². The standard InChI is InChI=1S/C18H23NO2/c1-13(19)11-15-9-10-17(20-3)18(12-15)21-14(2)16-7-5-4-6-8-16/h4-10,12-14H,11,19H2,1-3H3. The fourth-order valence-electron chi connectivity index (χ4n) is 2.29. The molecule has 0 bridgehead atoms. The Morgan fingerprint density at radius 3 is 2.33 bits per heavy atom. The van der Waals surface area contributed by atoms with Crippen LogP contribution in [0.3, 0.4) is 0 Å². The Kier molecular flexibility index (Phi) is 5.23. The van der Waals surface area contributed by atoms with Crippen LogP contribution in [0.4, 0.5) is 0 Å². The number of hydrogen-bond donors (Lipinski definition) is 1. The Morgan fingerprint density at radius 2 is 1.71 bits per heavy atom. The maximum atomic E-state index is 6.08. The Bertz CT molecular complexity index is 567.